The van der Waals surface area contributed by atoms with Crippen LogP contribution in [0.25, 0.3) is 22.2 Å². The summed E-state index contributed by atoms with van der Waals surface area (Å²) in [5, 5.41) is 6.65. The molecular weight excluding hydrogens is 620 g/mol. The van der Waals surface area contributed by atoms with Crippen LogP contribution in [-0.4, -0.2) is 89.0 Å². The van der Waals surface area contributed by atoms with Crippen LogP contribution in [0.15, 0.2) is 6.07 Å². The molecule has 2 saturated heterocycles. The van der Waals surface area contributed by atoms with Crippen molar-refractivity contribution < 1.29 is 31.8 Å². The van der Waals surface area contributed by atoms with Gasteiger partial charge in [-0.15, -0.1) is 0 Å². The van der Waals surface area contributed by atoms with Gasteiger partial charge in [0.25, 0.3) is 0 Å². The monoisotopic (exact) mass is 660 g/mol. The number of nitrogen functional groups attached to an aromatic ring is 1. The average molecular weight is 661 g/mol. The number of rotatable bonds is 6. The molecule has 254 valence electrons. The molecule has 1 spiro atoms. The van der Waals surface area contributed by atoms with Gasteiger partial charge in [-0.2, -0.15) is 23.1 Å². The first kappa shape index (κ1) is 32.0. The van der Waals surface area contributed by atoms with Gasteiger partial charge in [-0.3, -0.25) is 4.90 Å². The highest BCUT2D eigenvalue weighted by Crippen LogP contribution is 2.50. The molecule has 3 aliphatic heterocycles. The Morgan fingerprint density at radius 2 is 1.94 bits per heavy atom. The quantitative estimate of drug-likeness (QED) is 0.317. The summed E-state index contributed by atoms with van der Waals surface area (Å²) in [6, 6.07) is 0.902. The first-order valence-corrected chi connectivity index (χ1v) is 16.3. The molecule has 2 unspecified atom stereocenters. The van der Waals surface area contributed by atoms with Crippen molar-refractivity contribution in [3.63, 3.8) is 0 Å². The van der Waals surface area contributed by atoms with Gasteiger partial charge in [-0.1, -0.05) is 0 Å². The van der Waals surface area contributed by atoms with Crippen molar-refractivity contribution in [2.75, 3.05) is 63.6 Å². The van der Waals surface area contributed by atoms with Gasteiger partial charge in [-0.25, -0.2) is 14.4 Å². The summed E-state index contributed by atoms with van der Waals surface area (Å²) in [5.74, 6) is -1.13. The van der Waals surface area contributed by atoms with Gasteiger partial charge < -0.3 is 30.6 Å². The maximum absolute atomic E-state index is 16.7. The first-order valence-electron chi connectivity index (χ1n) is 16.3. The van der Waals surface area contributed by atoms with E-state index in [1.54, 1.807) is 0 Å². The largest absolute Gasteiger partial charge is 0.474 e. The van der Waals surface area contributed by atoms with Gasteiger partial charge in [0.2, 0.25) is 5.88 Å². The Labute approximate surface area is 270 Å². The van der Waals surface area contributed by atoms with Crippen molar-refractivity contribution in [3.05, 3.63) is 23.1 Å². The van der Waals surface area contributed by atoms with Crippen LogP contribution in [-0.2, 0) is 10.9 Å². The summed E-state index contributed by atoms with van der Waals surface area (Å²) < 4.78 is 77.9. The number of alkyl halides is 3. The van der Waals surface area contributed by atoms with E-state index in [9.17, 15) is 13.2 Å². The van der Waals surface area contributed by atoms with E-state index >= 15 is 4.39 Å². The lowest BCUT2D eigenvalue weighted by Crippen LogP contribution is -2.47. The molecule has 0 aromatic carbocycles. The molecule has 3 fully saturated rings. The van der Waals surface area contributed by atoms with Gasteiger partial charge in [0, 0.05) is 42.8 Å². The molecule has 0 radical (unpaired) electrons. The van der Waals surface area contributed by atoms with Crippen LogP contribution in [0.5, 0.6) is 11.9 Å². The van der Waals surface area contributed by atoms with E-state index in [-0.39, 0.29) is 45.4 Å². The van der Waals surface area contributed by atoms with Gasteiger partial charge in [0.1, 0.15) is 28.2 Å². The number of aryl methyl sites for hydroxylation is 1. The summed E-state index contributed by atoms with van der Waals surface area (Å²) in [7, 11) is 0. The Balaban J connectivity index is 1.30. The van der Waals surface area contributed by atoms with Crippen LogP contribution < -0.4 is 25.8 Å². The molecule has 0 bridgehead atoms. The zero-order valence-electron chi connectivity index (χ0n) is 26.6. The molecule has 47 heavy (non-hydrogen) atoms. The zero-order valence-corrected chi connectivity index (χ0v) is 26.6. The number of anilines is 2. The van der Waals surface area contributed by atoms with Crippen molar-refractivity contribution in [2.45, 2.75) is 70.2 Å². The Morgan fingerprint density at radius 1 is 1.11 bits per heavy atom. The van der Waals surface area contributed by atoms with E-state index in [0.717, 1.165) is 64.5 Å². The summed E-state index contributed by atoms with van der Waals surface area (Å²) in [5.41, 5.74) is 2.95. The fourth-order valence-electron chi connectivity index (χ4n) is 7.20. The van der Waals surface area contributed by atoms with Gasteiger partial charge in [-0.05, 0) is 71.5 Å². The summed E-state index contributed by atoms with van der Waals surface area (Å²) in [6.45, 7) is 8.37. The minimum atomic E-state index is -4.86. The van der Waals surface area contributed by atoms with E-state index in [4.69, 9.17) is 19.9 Å². The number of nitrogens with zero attached hydrogens (tertiary/aromatic N) is 5. The second-order valence-electron chi connectivity index (χ2n) is 13.4. The van der Waals surface area contributed by atoms with Crippen LogP contribution >= 0.6 is 0 Å². The standard InChI is InChI=1S/C32H40F4N8O3/c1-18-4-9-38-10-11-39-27-22-26(24(33)25(41-28(22)47-18)20-14-21(37)40-19(2)23(20)32(34,35)36)42-29(43-27)46-16-30(6-7-30)15-44-12-3-5-31(44)8-13-45-17-31/h14,18,38H,3-13,15-17H2,1-2H3,(H2,37,40)(H,39,42,43). The third-order valence-corrected chi connectivity index (χ3v) is 9.94. The average Bonchev–Trinajstić information content (AvgIpc) is 3.42. The number of pyridine rings is 2. The summed E-state index contributed by atoms with van der Waals surface area (Å²) in [4.78, 5) is 19.8. The third kappa shape index (κ3) is 6.24. The maximum Gasteiger partial charge on any atom is 0.418 e. The van der Waals surface area contributed by atoms with Crippen molar-refractivity contribution >= 4 is 22.5 Å². The Morgan fingerprint density at radius 3 is 2.68 bits per heavy atom. The van der Waals surface area contributed by atoms with Crippen LogP contribution in [0.1, 0.15) is 56.7 Å². The highest BCUT2D eigenvalue weighted by Gasteiger charge is 2.51. The molecule has 2 atom stereocenters. The van der Waals surface area contributed by atoms with Crippen LogP contribution in [0.4, 0.5) is 29.2 Å². The van der Waals surface area contributed by atoms with E-state index in [1.807, 2.05) is 6.92 Å². The number of aromatic nitrogens is 4. The summed E-state index contributed by atoms with van der Waals surface area (Å²) in [6.07, 6.45) is 0.560. The molecule has 11 nitrogen and oxygen atoms in total. The molecule has 4 N–H and O–H groups in total. The highest BCUT2D eigenvalue weighted by molar-refractivity contribution is 5.96. The molecule has 1 aliphatic carbocycles. The van der Waals surface area contributed by atoms with Crippen LogP contribution in [0, 0.1) is 18.2 Å². The minimum absolute atomic E-state index is 0.0778. The van der Waals surface area contributed by atoms with Crippen molar-refractivity contribution in [3.8, 4) is 23.1 Å². The normalized spacial score (nSPS) is 24.6. The fraction of sp³-hybridized carbons (Fsp3) is 0.625. The lowest BCUT2D eigenvalue weighted by atomic mass is 9.94. The Hall–Kier alpha value is -3.56. The molecule has 4 aliphatic rings. The second-order valence-corrected chi connectivity index (χ2v) is 13.4. The molecule has 3 aromatic rings. The lowest BCUT2D eigenvalue weighted by molar-refractivity contribution is -0.137. The zero-order chi connectivity index (χ0) is 33.0. The third-order valence-electron chi connectivity index (χ3n) is 9.94. The Bertz CT molecular complexity index is 1660. The number of hydrogen-bond acceptors (Lipinski definition) is 11. The molecular formula is C32H40F4N8O3. The minimum Gasteiger partial charge on any atom is -0.474 e. The van der Waals surface area contributed by atoms with Crippen molar-refractivity contribution in [1.29, 1.82) is 0 Å². The SMILES string of the molecule is Cc1nc(N)cc(-c2nc3c4c(nc(OCC5(CN6CCCC67CCOC7)CC5)nc4c2F)NCCNCCC(C)O3)c1C(F)(F)F. The number of ether oxygens (including phenoxy) is 3. The van der Waals surface area contributed by atoms with Gasteiger partial charge in [0.15, 0.2) is 5.82 Å². The Kier molecular flexibility index (Phi) is 8.28. The smallest absolute Gasteiger partial charge is 0.418 e. The molecule has 7 rings (SSSR count). The van der Waals surface area contributed by atoms with E-state index in [0.29, 0.717) is 32.7 Å². The topological polar surface area (TPSA) is 133 Å². The number of nitrogens with one attached hydrogen (secondary N) is 2. The number of hydrogen-bond donors (Lipinski definition) is 3. The fourth-order valence-corrected chi connectivity index (χ4v) is 7.20. The summed E-state index contributed by atoms with van der Waals surface area (Å²) >= 11 is 0. The maximum atomic E-state index is 16.7. The van der Waals surface area contributed by atoms with Crippen LogP contribution in [0.2, 0.25) is 0 Å². The molecule has 1 saturated carbocycles. The molecule has 0 amide bonds. The highest BCUT2D eigenvalue weighted by atomic mass is 19.4. The molecule has 3 aromatic heterocycles. The van der Waals surface area contributed by atoms with Gasteiger partial charge in [0.05, 0.1) is 30.6 Å². The van der Waals surface area contributed by atoms with Crippen molar-refractivity contribution in [2.24, 2.45) is 5.41 Å². The van der Waals surface area contributed by atoms with E-state index in [1.165, 1.54) is 6.92 Å². The van der Waals surface area contributed by atoms with Crippen LogP contribution in [0.3, 0.4) is 0 Å². The second kappa shape index (κ2) is 12.2. The van der Waals surface area contributed by atoms with Crippen molar-refractivity contribution in [1.82, 2.24) is 30.2 Å². The van der Waals surface area contributed by atoms with E-state index in [2.05, 4.69) is 35.5 Å². The number of likely N-dealkylation sites (tertiary alicyclic amines) is 1. The molecule has 6 heterocycles. The molecule has 15 heteroatoms. The number of halogens is 4. The number of nitrogens with two attached hydrogens (primary N) is 1. The predicted octanol–water partition coefficient (Wildman–Crippen LogP) is 4.72. The first-order chi connectivity index (χ1) is 22.5. The van der Waals surface area contributed by atoms with E-state index < -0.39 is 40.6 Å². The predicted molar refractivity (Wildman–Crippen MR) is 167 cm³/mol. The lowest BCUT2D eigenvalue weighted by Gasteiger charge is -2.36. The van der Waals surface area contributed by atoms with Gasteiger partial charge >= 0.3 is 12.2 Å².